The van der Waals surface area contributed by atoms with E-state index in [9.17, 15) is 4.79 Å². The molecule has 0 radical (unpaired) electrons. The Labute approximate surface area is 175 Å². The molecule has 0 aliphatic carbocycles. The molecule has 0 saturated carbocycles. The van der Waals surface area contributed by atoms with Crippen molar-refractivity contribution in [2.24, 2.45) is 5.92 Å². The zero-order chi connectivity index (χ0) is 21.1. The first-order valence-corrected chi connectivity index (χ1v) is 10.00. The number of nitrogens with one attached hydrogen (secondary N) is 1. The maximum atomic E-state index is 12.7. The van der Waals surface area contributed by atoms with Crippen LogP contribution >= 0.6 is 0 Å². The number of carbonyl (C=O) groups excluding carboxylic acids is 1. The van der Waals surface area contributed by atoms with E-state index in [1.165, 1.54) is 6.33 Å². The molecule has 1 N–H and O–H groups in total. The summed E-state index contributed by atoms with van der Waals surface area (Å²) in [6.45, 7) is 3.94. The van der Waals surface area contributed by atoms with Crippen LogP contribution in [-0.2, 0) is 11.3 Å². The van der Waals surface area contributed by atoms with Gasteiger partial charge in [-0.05, 0) is 31.9 Å². The summed E-state index contributed by atoms with van der Waals surface area (Å²) in [4.78, 5) is 23.6. The van der Waals surface area contributed by atoms with Crippen molar-refractivity contribution in [1.82, 2.24) is 24.9 Å². The van der Waals surface area contributed by atoms with E-state index in [0.717, 1.165) is 48.8 Å². The van der Waals surface area contributed by atoms with Gasteiger partial charge in [0.25, 0.3) is 5.78 Å². The quantitative estimate of drug-likeness (QED) is 0.664. The minimum absolute atomic E-state index is 0.0142. The van der Waals surface area contributed by atoms with Gasteiger partial charge in [0.15, 0.2) is 0 Å². The molecule has 1 aromatic carbocycles. The molecule has 3 aromatic rings. The molecule has 1 aliphatic heterocycles. The van der Waals surface area contributed by atoms with Crippen molar-refractivity contribution in [2.45, 2.75) is 26.3 Å². The fourth-order valence-electron chi connectivity index (χ4n) is 3.83. The molecule has 9 heteroatoms. The molecule has 4 rings (SSSR count). The van der Waals surface area contributed by atoms with Crippen molar-refractivity contribution < 1.29 is 14.3 Å². The van der Waals surface area contributed by atoms with Gasteiger partial charge in [-0.3, -0.25) is 4.79 Å². The summed E-state index contributed by atoms with van der Waals surface area (Å²) in [7, 11) is 3.23. The molecular weight excluding hydrogens is 384 g/mol. The average molecular weight is 410 g/mol. The Morgan fingerprint density at radius 2 is 2.00 bits per heavy atom. The minimum Gasteiger partial charge on any atom is -0.497 e. The molecule has 0 atom stereocenters. The molecule has 1 fully saturated rings. The van der Waals surface area contributed by atoms with Crippen molar-refractivity contribution in [3.05, 3.63) is 41.9 Å². The minimum atomic E-state index is -0.0142. The first kappa shape index (κ1) is 19.9. The second-order valence-electron chi connectivity index (χ2n) is 7.38. The molecule has 1 amide bonds. The van der Waals surface area contributed by atoms with Gasteiger partial charge in [0.2, 0.25) is 5.91 Å². The van der Waals surface area contributed by atoms with Crippen molar-refractivity contribution in [3.63, 3.8) is 0 Å². The third-order valence-electron chi connectivity index (χ3n) is 5.50. The Hall–Kier alpha value is -3.36. The van der Waals surface area contributed by atoms with Crippen LogP contribution in [-0.4, -0.2) is 52.8 Å². The lowest BCUT2D eigenvalue weighted by Crippen LogP contribution is -2.41. The summed E-state index contributed by atoms with van der Waals surface area (Å²) in [5.74, 6) is 3.05. The highest BCUT2D eigenvalue weighted by Crippen LogP contribution is 2.26. The molecule has 0 spiro atoms. The van der Waals surface area contributed by atoms with Crippen LogP contribution in [0, 0.1) is 12.8 Å². The third-order valence-corrected chi connectivity index (χ3v) is 5.50. The number of amides is 1. The molecule has 0 bridgehead atoms. The number of rotatable bonds is 6. The van der Waals surface area contributed by atoms with Crippen LogP contribution in [0.15, 0.2) is 30.6 Å². The molecule has 3 heterocycles. The van der Waals surface area contributed by atoms with Crippen LogP contribution in [0.1, 0.15) is 24.1 Å². The monoisotopic (exact) mass is 410 g/mol. The Morgan fingerprint density at radius 1 is 1.20 bits per heavy atom. The van der Waals surface area contributed by atoms with Crippen LogP contribution < -0.4 is 19.7 Å². The number of nitrogens with zero attached hydrogens (tertiary/aromatic N) is 5. The number of carbonyl (C=O) groups is 1. The lowest BCUT2D eigenvalue weighted by Gasteiger charge is -2.32. The van der Waals surface area contributed by atoms with Gasteiger partial charge in [-0.25, -0.2) is 4.98 Å². The summed E-state index contributed by atoms with van der Waals surface area (Å²) < 4.78 is 12.4. The van der Waals surface area contributed by atoms with Crippen LogP contribution in [0.3, 0.4) is 0 Å². The van der Waals surface area contributed by atoms with Crippen LogP contribution in [0.2, 0.25) is 0 Å². The van der Waals surface area contributed by atoms with E-state index in [-0.39, 0.29) is 11.8 Å². The summed E-state index contributed by atoms with van der Waals surface area (Å²) in [6.07, 6.45) is 3.07. The third kappa shape index (κ3) is 4.00. The van der Waals surface area contributed by atoms with Gasteiger partial charge in [-0.1, -0.05) is 0 Å². The van der Waals surface area contributed by atoms with Crippen LogP contribution in [0.4, 0.5) is 5.82 Å². The highest BCUT2D eigenvalue weighted by molar-refractivity contribution is 5.79. The van der Waals surface area contributed by atoms with E-state index in [1.807, 2.05) is 31.2 Å². The highest BCUT2D eigenvalue weighted by Gasteiger charge is 2.26. The lowest BCUT2D eigenvalue weighted by atomic mass is 9.95. The molecule has 2 aromatic heterocycles. The Kier molecular flexibility index (Phi) is 5.69. The Morgan fingerprint density at radius 3 is 2.73 bits per heavy atom. The average Bonchev–Trinajstić information content (AvgIpc) is 3.25. The molecule has 0 unspecified atom stereocenters. The molecule has 158 valence electrons. The number of benzene rings is 1. The fourth-order valence-corrected chi connectivity index (χ4v) is 3.83. The number of piperidine rings is 1. The molecule has 30 heavy (non-hydrogen) atoms. The zero-order valence-corrected chi connectivity index (χ0v) is 17.5. The zero-order valence-electron chi connectivity index (χ0n) is 17.5. The van der Waals surface area contributed by atoms with Crippen LogP contribution in [0.25, 0.3) is 5.78 Å². The number of methoxy groups -OCH3 is 2. The van der Waals surface area contributed by atoms with E-state index < -0.39 is 0 Å². The number of aryl methyl sites for hydroxylation is 1. The second-order valence-corrected chi connectivity index (χ2v) is 7.38. The van der Waals surface area contributed by atoms with E-state index in [4.69, 9.17) is 9.47 Å². The largest absolute Gasteiger partial charge is 0.497 e. The maximum absolute atomic E-state index is 12.7. The van der Waals surface area contributed by atoms with Gasteiger partial charge in [0.05, 0.1) is 14.2 Å². The number of hydrogen-bond donors (Lipinski definition) is 1. The van der Waals surface area contributed by atoms with Crippen molar-refractivity contribution in [1.29, 1.82) is 0 Å². The first-order valence-electron chi connectivity index (χ1n) is 10.00. The van der Waals surface area contributed by atoms with Crippen molar-refractivity contribution in [3.8, 4) is 11.5 Å². The van der Waals surface area contributed by atoms with Crippen LogP contribution in [0.5, 0.6) is 11.5 Å². The van der Waals surface area contributed by atoms with E-state index in [2.05, 4.69) is 25.3 Å². The Balaban J connectivity index is 1.36. The van der Waals surface area contributed by atoms with Gasteiger partial charge in [0, 0.05) is 48.9 Å². The summed E-state index contributed by atoms with van der Waals surface area (Å²) >= 11 is 0. The van der Waals surface area contributed by atoms with Crippen molar-refractivity contribution >= 4 is 17.5 Å². The summed E-state index contributed by atoms with van der Waals surface area (Å²) in [5, 5.41) is 7.34. The predicted octanol–water partition coefficient (Wildman–Crippen LogP) is 1.98. The maximum Gasteiger partial charge on any atom is 0.254 e. The van der Waals surface area contributed by atoms with E-state index >= 15 is 0 Å². The topological polar surface area (TPSA) is 93.9 Å². The number of hydrogen-bond acceptors (Lipinski definition) is 7. The fraction of sp³-hybridized carbons (Fsp3) is 0.429. The Bertz CT molecular complexity index is 1040. The molecular formula is C21H26N6O3. The molecule has 9 nitrogen and oxygen atoms in total. The van der Waals surface area contributed by atoms with Gasteiger partial charge in [-0.2, -0.15) is 14.6 Å². The molecule has 1 saturated heterocycles. The summed E-state index contributed by atoms with van der Waals surface area (Å²) in [5.41, 5.74) is 1.82. The normalized spacial score (nSPS) is 14.7. The number of fused-ring (bicyclic) bond motifs is 1. The molecule has 1 aliphatic rings. The SMILES string of the molecule is COc1ccc(CNC(=O)C2CCN(c3cc(C)nc4ncnn34)CC2)c(OC)c1. The lowest BCUT2D eigenvalue weighted by molar-refractivity contribution is -0.125. The van der Waals surface area contributed by atoms with Gasteiger partial charge in [-0.15, -0.1) is 0 Å². The van der Waals surface area contributed by atoms with Gasteiger partial charge < -0.3 is 19.7 Å². The first-order chi connectivity index (χ1) is 14.6. The predicted molar refractivity (Wildman–Crippen MR) is 112 cm³/mol. The number of ether oxygens (including phenoxy) is 2. The second kappa shape index (κ2) is 8.56. The number of aromatic nitrogens is 4. The number of anilines is 1. The van der Waals surface area contributed by atoms with E-state index in [1.54, 1.807) is 18.7 Å². The summed E-state index contributed by atoms with van der Waals surface area (Å²) in [6, 6.07) is 7.61. The smallest absolute Gasteiger partial charge is 0.254 e. The van der Waals surface area contributed by atoms with E-state index in [0.29, 0.717) is 18.1 Å². The standard InChI is InChI=1S/C21H26N6O3/c1-14-10-19(27-21(25-14)23-13-24-27)26-8-6-15(7-9-26)20(28)22-12-16-4-5-17(29-2)11-18(16)30-3/h4-5,10-11,13,15H,6-9,12H2,1-3H3,(H,22,28). The van der Waals surface area contributed by atoms with Gasteiger partial charge in [0.1, 0.15) is 23.6 Å². The van der Waals surface area contributed by atoms with Gasteiger partial charge >= 0.3 is 0 Å². The highest BCUT2D eigenvalue weighted by atomic mass is 16.5. The van der Waals surface area contributed by atoms with Crippen molar-refractivity contribution in [2.75, 3.05) is 32.2 Å².